The standard InChI is InChI=1S/C25H31N5O2S/c1-6-30-22(14-23(31)26-20-12-11-17(4)13-18(20)5)28-29-25(30)33-15-24(32)27-21-10-8-7-9-19(21)16(2)3/h7-13,16H,6,14-15H2,1-5H3,(H,26,31)(H,27,32). The van der Waals surface area contributed by atoms with Gasteiger partial charge in [-0.05, 0) is 49.9 Å². The Hall–Kier alpha value is -3.13. The zero-order valence-electron chi connectivity index (χ0n) is 19.8. The Morgan fingerprint density at radius 2 is 1.73 bits per heavy atom. The predicted molar refractivity (Wildman–Crippen MR) is 134 cm³/mol. The molecule has 0 aliphatic carbocycles. The van der Waals surface area contributed by atoms with Gasteiger partial charge in [-0.15, -0.1) is 10.2 Å². The van der Waals surface area contributed by atoms with E-state index in [9.17, 15) is 9.59 Å². The smallest absolute Gasteiger partial charge is 0.234 e. The lowest BCUT2D eigenvalue weighted by molar-refractivity contribution is -0.116. The molecule has 1 heterocycles. The lowest BCUT2D eigenvalue weighted by Crippen LogP contribution is -2.18. The van der Waals surface area contributed by atoms with Gasteiger partial charge in [0, 0.05) is 17.9 Å². The maximum atomic E-state index is 12.6. The fraction of sp³-hybridized carbons (Fsp3) is 0.360. The molecule has 0 unspecified atom stereocenters. The Morgan fingerprint density at radius 1 is 1.00 bits per heavy atom. The minimum atomic E-state index is -0.149. The first kappa shape index (κ1) is 24.5. The number of hydrogen-bond acceptors (Lipinski definition) is 5. The molecule has 7 nitrogen and oxygen atoms in total. The van der Waals surface area contributed by atoms with Gasteiger partial charge in [-0.2, -0.15) is 0 Å². The molecule has 33 heavy (non-hydrogen) atoms. The highest BCUT2D eigenvalue weighted by molar-refractivity contribution is 7.99. The third-order valence-corrected chi connectivity index (χ3v) is 6.24. The van der Waals surface area contributed by atoms with Crippen molar-refractivity contribution in [2.45, 2.75) is 58.7 Å². The number of thioether (sulfide) groups is 1. The number of anilines is 2. The van der Waals surface area contributed by atoms with E-state index in [1.807, 2.05) is 67.8 Å². The molecule has 0 spiro atoms. The highest BCUT2D eigenvalue weighted by atomic mass is 32.2. The van der Waals surface area contributed by atoms with Crippen LogP contribution in [0.2, 0.25) is 0 Å². The number of benzene rings is 2. The molecular weight excluding hydrogens is 434 g/mol. The van der Waals surface area contributed by atoms with E-state index in [0.29, 0.717) is 23.4 Å². The molecule has 8 heteroatoms. The summed E-state index contributed by atoms with van der Waals surface area (Å²) in [6.45, 7) is 10.8. The highest BCUT2D eigenvalue weighted by Crippen LogP contribution is 2.24. The quantitative estimate of drug-likeness (QED) is 0.437. The minimum Gasteiger partial charge on any atom is -0.325 e. The SMILES string of the molecule is CCn1c(CC(=O)Nc2ccc(C)cc2C)nnc1SCC(=O)Nc1ccccc1C(C)C. The average Bonchev–Trinajstić information content (AvgIpc) is 3.15. The summed E-state index contributed by atoms with van der Waals surface area (Å²) in [4.78, 5) is 25.1. The number of rotatable bonds is 9. The number of amides is 2. The Morgan fingerprint density at radius 3 is 2.42 bits per heavy atom. The molecule has 2 aromatic carbocycles. The number of hydrogen-bond donors (Lipinski definition) is 2. The minimum absolute atomic E-state index is 0.104. The molecule has 0 atom stereocenters. The van der Waals surface area contributed by atoms with E-state index >= 15 is 0 Å². The molecule has 0 bridgehead atoms. The van der Waals surface area contributed by atoms with Gasteiger partial charge >= 0.3 is 0 Å². The van der Waals surface area contributed by atoms with Crippen molar-refractivity contribution in [3.63, 3.8) is 0 Å². The van der Waals surface area contributed by atoms with Crippen LogP contribution in [0.4, 0.5) is 11.4 Å². The van der Waals surface area contributed by atoms with Gasteiger partial charge in [-0.25, -0.2) is 0 Å². The number of nitrogens with one attached hydrogen (secondary N) is 2. The lowest BCUT2D eigenvalue weighted by Gasteiger charge is -2.13. The average molecular weight is 466 g/mol. The molecule has 0 saturated carbocycles. The lowest BCUT2D eigenvalue weighted by atomic mass is 10.0. The van der Waals surface area contributed by atoms with Gasteiger partial charge in [0.2, 0.25) is 11.8 Å². The molecule has 174 valence electrons. The van der Waals surface area contributed by atoms with Crippen LogP contribution in [0.25, 0.3) is 0 Å². The van der Waals surface area contributed by atoms with E-state index in [1.54, 1.807) is 0 Å². The third kappa shape index (κ3) is 6.44. The molecule has 1 aromatic heterocycles. The van der Waals surface area contributed by atoms with Crippen LogP contribution < -0.4 is 10.6 Å². The van der Waals surface area contributed by atoms with Crippen molar-refractivity contribution in [1.82, 2.24) is 14.8 Å². The molecular formula is C25H31N5O2S. The maximum absolute atomic E-state index is 12.6. The van der Waals surface area contributed by atoms with E-state index in [2.05, 4.69) is 34.7 Å². The van der Waals surface area contributed by atoms with Crippen LogP contribution in [-0.4, -0.2) is 32.3 Å². The topological polar surface area (TPSA) is 88.9 Å². The number of carbonyl (C=O) groups excluding carboxylic acids is 2. The molecule has 0 saturated heterocycles. The van der Waals surface area contributed by atoms with Gasteiger partial charge in [-0.3, -0.25) is 9.59 Å². The molecule has 3 aromatic rings. The molecule has 2 N–H and O–H groups in total. The Balaban J connectivity index is 1.61. The van der Waals surface area contributed by atoms with Crippen molar-refractivity contribution < 1.29 is 9.59 Å². The summed E-state index contributed by atoms with van der Waals surface area (Å²) in [7, 11) is 0. The second-order valence-electron chi connectivity index (χ2n) is 8.27. The predicted octanol–water partition coefficient (Wildman–Crippen LogP) is 4.95. The second-order valence-corrected chi connectivity index (χ2v) is 9.21. The molecule has 2 amide bonds. The van der Waals surface area contributed by atoms with Crippen molar-refractivity contribution in [1.29, 1.82) is 0 Å². The molecule has 0 aliphatic rings. The van der Waals surface area contributed by atoms with Crippen LogP contribution >= 0.6 is 11.8 Å². The molecule has 0 aliphatic heterocycles. The van der Waals surface area contributed by atoms with Crippen molar-refractivity contribution in [2.75, 3.05) is 16.4 Å². The van der Waals surface area contributed by atoms with Gasteiger partial charge in [0.1, 0.15) is 5.82 Å². The van der Waals surface area contributed by atoms with Gasteiger partial charge in [0.15, 0.2) is 5.16 Å². The number of para-hydroxylation sites is 1. The maximum Gasteiger partial charge on any atom is 0.234 e. The first-order valence-corrected chi connectivity index (χ1v) is 12.1. The molecule has 0 radical (unpaired) electrons. The summed E-state index contributed by atoms with van der Waals surface area (Å²) in [6, 6.07) is 13.7. The first-order valence-electron chi connectivity index (χ1n) is 11.1. The summed E-state index contributed by atoms with van der Waals surface area (Å²) < 4.78 is 1.88. The van der Waals surface area contributed by atoms with Crippen molar-refractivity contribution in [3.05, 3.63) is 65.0 Å². The zero-order chi connectivity index (χ0) is 24.0. The second kappa shape index (κ2) is 11.1. The summed E-state index contributed by atoms with van der Waals surface area (Å²) in [5.41, 5.74) is 4.89. The molecule has 0 fully saturated rings. The Bertz CT molecular complexity index is 1140. The normalized spacial score (nSPS) is 11.0. The molecule has 3 rings (SSSR count). The van der Waals surface area contributed by atoms with Gasteiger partial charge in [0.05, 0.1) is 12.2 Å². The Labute approximate surface area is 199 Å². The largest absolute Gasteiger partial charge is 0.325 e. The van der Waals surface area contributed by atoms with Crippen LogP contribution in [0.15, 0.2) is 47.6 Å². The summed E-state index contributed by atoms with van der Waals surface area (Å²) >= 11 is 1.31. The summed E-state index contributed by atoms with van der Waals surface area (Å²) in [5, 5.41) is 15.0. The fourth-order valence-electron chi connectivity index (χ4n) is 3.60. The monoisotopic (exact) mass is 465 g/mol. The van der Waals surface area contributed by atoms with Crippen LogP contribution in [0.1, 0.15) is 49.2 Å². The fourth-order valence-corrected chi connectivity index (χ4v) is 4.42. The number of aryl methyl sites for hydroxylation is 2. The van der Waals surface area contributed by atoms with Gasteiger partial charge < -0.3 is 15.2 Å². The number of carbonyl (C=O) groups is 2. The number of nitrogens with zero attached hydrogens (tertiary/aromatic N) is 3. The van der Waals surface area contributed by atoms with Crippen LogP contribution in [0.3, 0.4) is 0 Å². The van der Waals surface area contributed by atoms with Crippen LogP contribution in [0.5, 0.6) is 0 Å². The summed E-state index contributed by atoms with van der Waals surface area (Å²) in [6.07, 6.45) is 0.114. The number of aromatic nitrogens is 3. The Kier molecular flexibility index (Phi) is 8.27. The van der Waals surface area contributed by atoms with Crippen LogP contribution in [-0.2, 0) is 22.6 Å². The first-order chi connectivity index (χ1) is 15.8. The van der Waals surface area contributed by atoms with Crippen molar-refractivity contribution in [2.24, 2.45) is 0 Å². The van der Waals surface area contributed by atoms with E-state index in [0.717, 1.165) is 28.1 Å². The van der Waals surface area contributed by atoms with Gasteiger partial charge in [0.25, 0.3) is 0 Å². The van der Waals surface area contributed by atoms with E-state index < -0.39 is 0 Å². The summed E-state index contributed by atoms with van der Waals surface area (Å²) in [5.74, 6) is 0.846. The van der Waals surface area contributed by atoms with E-state index in [4.69, 9.17) is 0 Å². The van der Waals surface area contributed by atoms with Crippen molar-refractivity contribution >= 4 is 35.0 Å². The van der Waals surface area contributed by atoms with Crippen LogP contribution in [0, 0.1) is 13.8 Å². The van der Waals surface area contributed by atoms with E-state index in [-0.39, 0.29) is 24.0 Å². The highest BCUT2D eigenvalue weighted by Gasteiger charge is 2.17. The van der Waals surface area contributed by atoms with Gasteiger partial charge in [-0.1, -0.05) is 61.5 Å². The van der Waals surface area contributed by atoms with Crippen molar-refractivity contribution in [3.8, 4) is 0 Å². The zero-order valence-corrected chi connectivity index (χ0v) is 20.6. The van der Waals surface area contributed by atoms with E-state index in [1.165, 1.54) is 11.8 Å². The third-order valence-electron chi connectivity index (χ3n) is 5.27.